The molecule has 0 spiro atoms. The van der Waals surface area contributed by atoms with Gasteiger partial charge in [0.25, 0.3) is 0 Å². The van der Waals surface area contributed by atoms with Crippen molar-refractivity contribution in [3.8, 4) is 0 Å². The Kier molecular flexibility index (Phi) is 21.6. The molecule has 0 atom stereocenters. The number of halogens is 2. The monoisotopic (exact) mass is 962 g/mol. The van der Waals surface area contributed by atoms with Crippen LogP contribution in [0.25, 0.3) is 43.1 Å². The Bertz CT molecular complexity index is 2050. The molecule has 0 fully saturated rings. The summed E-state index contributed by atoms with van der Waals surface area (Å²) in [5, 5.41) is 10.8. The number of rotatable bonds is 0. The number of hydrogen-bond acceptors (Lipinski definition) is 0. The van der Waals surface area contributed by atoms with Crippen LogP contribution in [0.4, 0.5) is 0 Å². The van der Waals surface area contributed by atoms with Crippen LogP contribution in [-0.2, 0) is 70.1 Å². The zero-order chi connectivity index (χ0) is 41.9. The third kappa shape index (κ3) is 15.5. The summed E-state index contributed by atoms with van der Waals surface area (Å²) in [6, 6.07) is 52.6. The zero-order valence-corrected chi connectivity index (χ0v) is 43.5. The summed E-state index contributed by atoms with van der Waals surface area (Å²) in [4.78, 5) is 0. The minimum absolute atomic E-state index is 0. The van der Waals surface area contributed by atoms with E-state index in [0.717, 1.165) is 0 Å². The van der Waals surface area contributed by atoms with Crippen LogP contribution < -0.4 is 24.8 Å². The molecule has 0 radical (unpaired) electrons. The summed E-state index contributed by atoms with van der Waals surface area (Å²) < 4.78 is 6.68. The molecule has 0 heterocycles. The van der Waals surface area contributed by atoms with Crippen LogP contribution in [0.2, 0.25) is 0 Å². The van der Waals surface area contributed by atoms with Crippen LogP contribution >= 0.6 is 0 Å². The first-order valence-electron chi connectivity index (χ1n) is 19.6. The Hall–Kier alpha value is -2.59. The first-order chi connectivity index (χ1) is 26.3. The maximum atomic E-state index is 3.34. The minimum atomic E-state index is 0. The SMILES string of the molecule is CC(C)(C)c1ccc2cc[cH-]c2c1.CC(C)(C)c1ccc2cc[cH-]c2c1.CC(C)(C)c1ccc2cc[cH-]c2c1.CC(C)(C)c1ccc2cc[cH-]c2c1.[CH2]=[Zr+2].[CH2]=[Zr+2].[Cl-].[Cl-]. The molecule has 0 aliphatic rings. The second kappa shape index (κ2) is 23.4. The third-order valence-corrected chi connectivity index (χ3v) is 10.0. The smallest absolute Gasteiger partial charge is 1.00 e. The van der Waals surface area contributed by atoms with Gasteiger partial charge < -0.3 is 24.8 Å². The molecule has 8 aromatic rings. The van der Waals surface area contributed by atoms with Gasteiger partial charge in [-0.15, -0.1) is 116 Å². The number of benzene rings is 4. The van der Waals surface area contributed by atoms with E-state index < -0.39 is 0 Å². The maximum absolute atomic E-state index is 3.34. The van der Waals surface area contributed by atoms with Crippen LogP contribution in [0, 0.1) is 0 Å². The van der Waals surface area contributed by atoms with Crippen molar-refractivity contribution in [2.24, 2.45) is 0 Å². The summed E-state index contributed by atoms with van der Waals surface area (Å²) in [6.45, 7) is 27.0. The standard InChI is InChI=1S/4C13H15.2CH2.2ClH.2Zr/c4*1-13(2,3)12-8-7-10-5-4-6-11(10)9-12;;;;;;/h4*4-9H,1-3H3;2*1H2;2*1H;;/q4*-1;;;;;2*+2/p-2. The van der Waals surface area contributed by atoms with Gasteiger partial charge >= 0.3 is 56.9 Å². The second-order valence-electron chi connectivity index (χ2n) is 18.5. The topological polar surface area (TPSA) is 0 Å². The van der Waals surface area contributed by atoms with Crippen molar-refractivity contribution in [2.75, 3.05) is 0 Å². The first-order valence-corrected chi connectivity index (χ1v) is 23.1. The van der Waals surface area contributed by atoms with Gasteiger partial charge in [0.1, 0.15) is 0 Å². The molecule has 58 heavy (non-hydrogen) atoms. The maximum Gasteiger partial charge on any atom is -1.00 e. The van der Waals surface area contributed by atoms with Gasteiger partial charge in [-0.25, -0.2) is 0 Å². The number of fused-ring (bicyclic) bond motifs is 4. The molecule has 0 saturated heterocycles. The van der Waals surface area contributed by atoms with E-state index in [-0.39, 0.29) is 46.5 Å². The van der Waals surface area contributed by atoms with Crippen molar-refractivity contribution >= 4 is 51.5 Å². The predicted molar refractivity (Wildman–Crippen MR) is 247 cm³/mol. The Balaban J connectivity index is 0.000000371. The average molecular weight is 966 g/mol. The molecule has 0 aromatic heterocycles. The quantitative estimate of drug-likeness (QED) is 0.133. The van der Waals surface area contributed by atoms with E-state index >= 15 is 0 Å². The van der Waals surface area contributed by atoms with Gasteiger partial charge in [0.15, 0.2) is 0 Å². The molecule has 8 rings (SSSR count). The molecule has 0 amide bonds. The molecule has 0 aliphatic heterocycles. The van der Waals surface area contributed by atoms with E-state index in [1.807, 2.05) is 0 Å². The van der Waals surface area contributed by atoms with Gasteiger partial charge in [-0.3, -0.25) is 0 Å². The largest absolute Gasteiger partial charge is 1.00 e. The van der Waals surface area contributed by atoms with Gasteiger partial charge in [0.2, 0.25) is 0 Å². The summed E-state index contributed by atoms with van der Waals surface area (Å²) in [5.41, 5.74) is 6.66. The average Bonchev–Trinajstić information content (AvgIpc) is 3.98. The van der Waals surface area contributed by atoms with Crippen molar-refractivity contribution in [3.63, 3.8) is 0 Å². The van der Waals surface area contributed by atoms with Crippen molar-refractivity contribution in [2.45, 2.75) is 105 Å². The van der Waals surface area contributed by atoms with Crippen LogP contribution in [0.1, 0.15) is 105 Å². The predicted octanol–water partition coefficient (Wildman–Crippen LogP) is 9.36. The Morgan fingerprint density at radius 2 is 0.483 bits per heavy atom. The minimum Gasteiger partial charge on any atom is -1.00 e. The van der Waals surface area contributed by atoms with E-state index in [9.17, 15) is 0 Å². The van der Waals surface area contributed by atoms with Crippen molar-refractivity contribution in [1.82, 2.24) is 0 Å². The Labute approximate surface area is 393 Å². The molecule has 0 aliphatic carbocycles. The molecule has 304 valence electrons. The summed E-state index contributed by atoms with van der Waals surface area (Å²) in [5.74, 6) is 0. The third-order valence-electron chi connectivity index (χ3n) is 10.0. The van der Waals surface area contributed by atoms with Crippen molar-refractivity contribution < 1.29 is 73.3 Å². The summed E-state index contributed by atoms with van der Waals surface area (Å²) in [6.07, 6.45) is 0. The van der Waals surface area contributed by atoms with E-state index in [1.54, 1.807) is 0 Å². The fraction of sp³-hybridized carbons (Fsp3) is 0.296. The molecule has 0 bridgehead atoms. The molecule has 0 nitrogen and oxygen atoms in total. The van der Waals surface area contributed by atoms with Crippen LogP contribution in [0.5, 0.6) is 0 Å². The van der Waals surface area contributed by atoms with Crippen LogP contribution in [0.3, 0.4) is 0 Å². The zero-order valence-electron chi connectivity index (χ0n) is 37.0. The molecule has 0 unspecified atom stereocenters. The first kappa shape index (κ1) is 53.4. The van der Waals surface area contributed by atoms with Gasteiger partial charge in [0, 0.05) is 0 Å². The molecular formula is C54H64Cl2Zr2-2. The molecule has 0 saturated carbocycles. The summed E-state index contributed by atoms with van der Waals surface area (Å²) >= 11 is 2.60. The van der Waals surface area contributed by atoms with Crippen LogP contribution in [0.15, 0.2) is 146 Å². The fourth-order valence-corrected chi connectivity index (χ4v) is 6.37. The Morgan fingerprint density at radius 1 is 0.310 bits per heavy atom. The molecule has 0 N–H and O–H groups in total. The van der Waals surface area contributed by atoms with E-state index in [1.165, 1.54) is 114 Å². The normalized spacial score (nSPS) is 11.2. The van der Waals surface area contributed by atoms with Gasteiger partial charge in [-0.2, -0.15) is 48.5 Å². The van der Waals surface area contributed by atoms with E-state index in [4.69, 9.17) is 0 Å². The molecule has 4 heteroatoms. The van der Waals surface area contributed by atoms with E-state index in [2.05, 4.69) is 237 Å². The number of hydrogen-bond donors (Lipinski definition) is 0. The van der Waals surface area contributed by atoms with Crippen molar-refractivity contribution in [1.29, 1.82) is 0 Å². The van der Waals surface area contributed by atoms with Gasteiger partial charge in [0.05, 0.1) is 0 Å². The Morgan fingerprint density at radius 3 is 0.638 bits per heavy atom. The van der Waals surface area contributed by atoms with E-state index in [0.29, 0.717) is 0 Å². The van der Waals surface area contributed by atoms with Crippen LogP contribution in [-0.4, -0.2) is 8.42 Å². The summed E-state index contributed by atoms with van der Waals surface area (Å²) in [7, 11) is 0. The molecular weight excluding hydrogens is 902 g/mol. The fourth-order valence-electron chi connectivity index (χ4n) is 6.37. The molecule has 8 aromatic carbocycles. The second-order valence-corrected chi connectivity index (χ2v) is 18.5. The van der Waals surface area contributed by atoms with Gasteiger partial charge in [-0.1, -0.05) is 130 Å². The van der Waals surface area contributed by atoms with Crippen molar-refractivity contribution in [3.05, 3.63) is 168 Å². The van der Waals surface area contributed by atoms with Gasteiger partial charge in [-0.05, 0) is 21.7 Å².